The maximum atomic E-state index is 13.0. The quantitative estimate of drug-likeness (QED) is 0.592. The number of rotatable bonds is 5. The lowest BCUT2D eigenvalue weighted by molar-refractivity contribution is 0.102. The molecule has 2 aromatic carbocycles. The van der Waals surface area contributed by atoms with E-state index in [-0.39, 0.29) is 17.2 Å². The molecule has 0 fully saturated rings. The topological polar surface area (TPSA) is 77.6 Å². The minimum atomic E-state index is -0.364. The van der Waals surface area contributed by atoms with Gasteiger partial charge in [-0.15, -0.1) is 0 Å². The monoisotopic (exact) mass is 362 g/mol. The maximum Gasteiger partial charge on any atom is 0.277 e. The van der Waals surface area contributed by atoms with Crippen LogP contribution in [-0.4, -0.2) is 33.8 Å². The van der Waals surface area contributed by atoms with E-state index in [0.717, 1.165) is 11.0 Å². The Bertz CT molecular complexity index is 1180. The summed E-state index contributed by atoms with van der Waals surface area (Å²) < 4.78 is 8.30. The fourth-order valence-corrected chi connectivity index (χ4v) is 3.07. The van der Waals surface area contributed by atoms with Crippen LogP contribution in [0, 0.1) is 0 Å². The SMILES string of the molecule is COCCn1c(=O)c2cc(C(=O)Nc3ccccc3)nn2c2ccccc21. The van der Waals surface area contributed by atoms with Gasteiger partial charge in [-0.1, -0.05) is 30.3 Å². The van der Waals surface area contributed by atoms with Crippen molar-refractivity contribution >= 4 is 28.1 Å². The number of carbonyl (C=O) groups is 1. The van der Waals surface area contributed by atoms with Crippen molar-refractivity contribution in [2.75, 3.05) is 19.0 Å². The Labute approximate surface area is 154 Å². The number of amides is 1. The molecule has 7 nitrogen and oxygen atoms in total. The van der Waals surface area contributed by atoms with E-state index in [1.807, 2.05) is 42.5 Å². The molecule has 4 aromatic rings. The van der Waals surface area contributed by atoms with Crippen molar-refractivity contribution in [2.24, 2.45) is 0 Å². The molecule has 1 amide bonds. The second-order valence-electron chi connectivity index (χ2n) is 6.09. The van der Waals surface area contributed by atoms with Crippen molar-refractivity contribution in [3.8, 4) is 0 Å². The summed E-state index contributed by atoms with van der Waals surface area (Å²) in [5.74, 6) is -0.364. The average Bonchev–Trinajstić information content (AvgIpc) is 3.15. The van der Waals surface area contributed by atoms with Gasteiger partial charge in [0, 0.05) is 25.4 Å². The van der Waals surface area contributed by atoms with Crippen LogP contribution < -0.4 is 10.9 Å². The van der Waals surface area contributed by atoms with Crippen LogP contribution in [0.2, 0.25) is 0 Å². The van der Waals surface area contributed by atoms with Crippen LogP contribution in [0.4, 0.5) is 5.69 Å². The Hall–Kier alpha value is -3.45. The average molecular weight is 362 g/mol. The van der Waals surface area contributed by atoms with Gasteiger partial charge in [0.2, 0.25) is 0 Å². The van der Waals surface area contributed by atoms with E-state index in [1.54, 1.807) is 23.8 Å². The lowest BCUT2D eigenvalue weighted by Crippen LogP contribution is -2.24. The molecule has 0 aliphatic carbocycles. The Morgan fingerprint density at radius 2 is 1.74 bits per heavy atom. The van der Waals surface area contributed by atoms with E-state index in [1.165, 1.54) is 10.6 Å². The van der Waals surface area contributed by atoms with E-state index < -0.39 is 0 Å². The number of carbonyl (C=O) groups excluding carboxylic acids is 1. The molecule has 1 N–H and O–H groups in total. The molecule has 0 aliphatic rings. The zero-order valence-corrected chi connectivity index (χ0v) is 14.8. The third kappa shape index (κ3) is 3.09. The number of para-hydroxylation sites is 3. The molecule has 4 rings (SSSR count). The number of anilines is 1. The molecular formula is C20H18N4O3. The summed E-state index contributed by atoms with van der Waals surface area (Å²) in [6.07, 6.45) is 0. The van der Waals surface area contributed by atoms with Gasteiger partial charge in [-0.05, 0) is 24.3 Å². The number of ether oxygens (including phenoxy) is 1. The van der Waals surface area contributed by atoms with Crippen molar-refractivity contribution in [1.29, 1.82) is 0 Å². The molecule has 0 saturated heterocycles. The van der Waals surface area contributed by atoms with Gasteiger partial charge in [0.15, 0.2) is 5.69 Å². The second-order valence-corrected chi connectivity index (χ2v) is 6.09. The van der Waals surface area contributed by atoms with E-state index >= 15 is 0 Å². The summed E-state index contributed by atoms with van der Waals surface area (Å²) in [4.78, 5) is 25.5. The molecular weight excluding hydrogens is 344 g/mol. The highest BCUT2D eigenvalue weighted by Crippen LogP contribution is 2.16. The molecule has 0 spiro atoms. The van der Waals surface area contributed by atoms with E-state index in [0.29, 0.717) is 24.4 Å². The second kappa shape index (κ2) is 7.05. The molecule has 0 unspecified atom stereocenters. The summed E-state index contributed by atoms with van der Waals surface area (Å²) in [7, 11) is 1.59. The Balaban J connectivity index is 1.84. The van der Waals surface area contributed by atoms with Crippen LogP contribution in [0.25, 0.3) is 16.6 Å². The standard InChI is InChI=1S/C20H18N4O3/c1-27-12-11-23-16-9-5-6-10-17(16)24-18(20(23)26)13-15(22-24)19(25)21-14-7-3-2-4-8-14/h2-10,13H,11-12H2,1H3,(H,21,25). The number of nitrogens with one attached hydrogen (secondary N) is 1. The summed E-state index contributed by atoms with van der Waals surface area (Å²) >= 11 is 0. The molecule has 0 bridgehead atoms. The van der Waals surface area contributed by atoms with E-state index in [2.05, 4.69) is 10.4 Å². The first-order valence-corrected chi connectivity index (χ1v) is 8.55. The smallest absolute Gasteiger partial charge is 0.277 e. The number of nitrogens with zero attached hydrogens (tertiary/aromatic N) is 3. The van der Waals surface area contributed by atoms with Crippen LogP contribution >= 0.6 is 0 Å². The highest BCUT2D eigenvalue weighted by molar-refractivity contribution is 6.03. The maximum absolute atomic E-state index is 13.0. The lowest BCUT2D eigenvalue weighted by Gasteiger charge is -2.11. The zero-order valence-electron chi connectivity index (χ0n) is 14.8. The number of hydrogen-bond acceptors (Lipinski definition) is 4. The minimum absolute atomic E-state index is 0.186. The van der Waals surface area contributed by atoms with Gasteiger partial charge >= 0.3 is 0 Å². The number of fused-ring (bicyclic) bond motifs is 3. The first kappa shape index (κ1) is 17.0. The van der Waals surface area contributed by atoms with Gasteiger partial charge in [0.1, 0.15) is 5.52 Å². The van der Waals surface area contributed by atoms with Crippen molar-refractivity contribution in [2.45, 2.75) is 6.54 Å². The van der Waals surface area contributed by atoms with Gasteiger partial charge < -0.3 is 14.6 Å². The third-order valence-electron chi connectivity index (χ3n) is 4.36. The predicted molar refractivity (Wildman–Crippen MR) is 103 cm³/mol. The minimum Gasteiger partial charge on any atom is -0.383 e. The van der Waals surface area contributed by atoms with Crippen LogP contribution in [0.1, 0.15) is 10.5 Å². The van der Waals surface area contributed by atoms with Gasteiger partial charge in [0.05, 0.1) is 17.6 Å². The first-order valence-electron chi connectivity index (χ1n) is 8.55. The third-order valence-corrected chi connectivity index (χ3v) is 4.36. The Morgan fingerprint density at radius 1 is 1.04 bits per heavy atom. The molecule has 2 heterocycles. The Kier molecular flexibility index (Phi) is 4.43. The largest absolute Gasteiger partial charge is 0.383 e. The molecule has 136 valence electrons. The summed E-state index contributed by atoms with van der Waals surface area (Å²) in [6.45, 7) is 0.832. The Morgan fingerprint density at radius 3 is 2.48 bits per heavy atom. The van der Waals surface area contributed by atoms with Gasteiger partial charge in [-0.3, -0.25) is 9.59 Å². The van der Waals surface area contributed by atoms with Gasteiger partial charge in [0.25, 0.3) is 11.5 Å². The number of hydrogen-bond donors (Lipinski definition) is 1. The number of aromatic nitrogens is 3. The van der Waals surface area contributed by atoms with Crippen LogP contribution in [0.3, 0.4) is 0 Å². The van der Waals surface area contributed by atoms with Crippen molar-refractivity contribution in [3.63, 3.8) is 0 Å². The summed E-state index contributed by atoms with van der Waals surface area (Å²) in [6, 6.07) is 18.1. The zero-order chi connectivity index (χ0) is 18.8. The molecule has 0 saturated carbocycles. The lowest BCUT2D eigenvalue weighted by atomic mass is 10.2. The molecule has 2 aromatic heterocycles. The summed E-state index contributed by atoms with van der Waals surface area (Å²) in [5, 5.41) is 7.17. The summed E-state index contributed by atoms with van der Waals surface area (Å²) in [5.41, 5.74) is 2.49. The molecule has 0 atom stereocenters. The highest BCUT2D eigenvalue weighted by atomic mass is 16.5. The number of methoxy groups -OCH3 is 1. The molecule has 0 radical (unpaired) electrons. The van der Waals surface area contributed by atoms with E-state index in [4.69, 9.17) is 4.74 Å². The van der Waals surface area contributed by atoms with Crippen molar-refractivity contribution in [3.05, 3.63) is 76.7 Å². The van der Waals surface area contributed by atoms with Crippen LogP contribution in [0.15, 0.2) is 65.5 Å². The predicted octanol–water partition coefficient (Wildman–Crippen LogP) is 2.55. The molecule has 7 heteroatoms. The fraction of sp³-hybridized carbons (Fsp3) is 0.150. The number of benzene rings is 2. The molecule has 0 aliphatic heterocycles. The first-order chi connectivity index (χ1) is 13.2. The van der Waals surface area contributed by atoms with Gasteiger partial charge in [-0.25, -0.2) is 4.52 Å². The van der Waals surface area contributed by atoms with E-state index in [9.17, 15) is 9.59 Å². The van der Waals surface area contributed by atoms with Crippen LogP contribution in [-0.2, 0) is 11.3 Å². The fourth-order valence-electron chi connectivity index (χ4n) is 3.07. The van der Waals surface area contributed by atoms with Crippen LogP contribution in [0.5, 0.6) is 0 Å². The normalized spacial score (nSPS) is 11.1. The van der Waals surface area contributed by atoms with Gasteiger partial charge in [-0.2, -0.15) is 5.10 Å². The van der Waals surface area contributed by atoms with Crippen molar-refractivity contribution < 1.29 is 9.53 Å². The molecule has 27 heavy (non-hydrogen) atoms. The highest BCUT2D eigenvalue weighted by Gasteiger charge is 2.17. The van der Waals surface area contributed by atoms with Crippen molar-refractivity contribution in [1.82, 2.24) is 14.2 Å².